The summed E-state index contributed by atoms with van der Waals surface area (Å²) in [5.74, 6) is 0.754. The van der Waals surface area contributed by atoms with Gasteiger partial charge in [0.25, 0.3) is 0 Å². The summed E-state index contributed by atoms with van der Waals surface area (Å²) in [6.07, 6.45) is 8.94. The first-order chi connectivity index (χ1) is 9.83. The van der Waals surface area contributed by atoms with Crippen molar-refractivity contribution in [2.75, 3.05) is 13.2 Å². The standard InChI is InChI=1S/C15H28N4O/c1-3-13-7-5-6-8-15(13)20-10-9-19-12-14(17-18-19)11-16-4-2/h12-13,15-16H,3-11H2,1-2H3. The lowest BCUT2D eigenvalue weighted by Gasteiger charge is -2.30. The summed E-state index contributed by atoms with van der Waals surface area (Å²) in [6, 6.07) is 0. The summed E-state index contributed by atoms with van der Waals surface area (Å²) in [5, 5.41) is 11.5. The zero-order valence-corrected chi connectivity index (χ0v) is 12.8. The molecule has 1 aliphatic carbocycles. The van der Waals surface area contributed by atoms with Crippen LogP contribution in [0.2, 0.25) is 0 Å². The van der Waals surface area contributed by atoms with Gasteiger partial charge in [-0.25, -0.2) is 4.68 Å². The van der Waals surface area contributed by atoms with E-state index >= 15 is 0 Å². The van der Waals surface area contributed by atoms with Crippen molar-refractivity contribution in [2.24, 2.45) is 5.92 Å². The van der Waals surface area contributed by atoms with E-state index in [0.717, 1.165) is 37.9 Å². The van der Waals surface area contributed by atoms with Crippen molar-refractivity contribution in [3.63, 3.8) is 0 Å². The Morgan fingerprint density at radius 3 is 3.00 bits per heavy atom. The van der Waals surface area contributed by atoms with Gasteiger partial charge >= 0.3 is 0 Å². The van der Waals surface area contributed by atoms with E-state index < -0.39 is 0 Å². The minimum absolute atomic E-state index is 0.457. The fraction of sp³-hybridized carbons (Fsp3) is 0.867. The van der Waals surface area contributed by atoms with Crippen LogP contribution in [0.1, 0.15) is 51.6 Å². The van der Waals surface area contributed by atoms with Crippen LogP contribution in [0.15, 0.2) is 6.20 Å². The fourth-order valence-corrected chi connectivity index (χ4v) is 2.94. The molecule has 114 valence electrons. The summed E-state index contributed by atoms with van der Waals surface area (Å²) in [4.78, 5) is 0. The third-order valence-electron chi connectivity index (χ3n) is 4.16. The predicted octanol–water partition coefficient (Wildman–Crippen LogP) is 2.37. The largest absolute Gasteiger partial charge is 0.376 e. The maximum absolute atomic E-state index is 6.08. The van der Waals surface area contributed by atoms with Crippen molar-refractivity contribution < 1.29 is 4.74 Å². The first kappa shape index (κ1) is 15.4. The highest BCUT2D eigenvalue weighted by molar-refractivity contribution is 4.91. The van der Waals surface area contributed by atoms with Crippen LogP contribution in [0.5, 0.6) is 0 Å². The van der Waals surface area contributed by atoms with Gasteiger partial charge in [0.1, 0.15) is 0 Å². The van der Waals surface area contributed by atoms with Gasteiger partial charge in [0.05, 0.1) is 24.9 Å². The molecule has 1 aromatic heterocycles. The Bertz CT molecular complexity index is 380. The highest BCUT2D eigenvalue weighted by atomic mass is 16.5. The molecule has 0 amide bonds. The monoisotopic (exact) mass is 280 g/mol. The lowest BCUT2D eigenvalue weighted by Crippen LogP contribution is -2.28. The maximum atomic E-state index is 6.08. The lowest BCUT2D eigenvalue weighted by molar-refractivity contribution is -0.0162. The average Bonchev–Trinajstić information content (AvgIpc) is 2.93. The van der Waals surface area contributed by atoms with Gasteiger partial charge in [-0.15, -0.1) is 5.10 Å². The van der Waals surface area contributed by atoms with Crippen LogP contribution in [-0.4, -0.2) is 34.2 Å². The van der Waals surface area contributed by atoms with Crippen molar-refractivity contribution in [3.05, 3.63) is 11.9 Å². The van der Waals surface area contributed by atoms with Crippen molar-refractivity contribution in [2.45, 2.75) is 65.1 Å². The van der Waals surface area contributed by atoms with Crippen molar-refractivity contribution >= 4 is 0 Å². The van der Waals surface area contributed by atoms with Gasteiger partial charge in [-0.05, 0) is 25.3 Å². The van der Waals surface area contributed by atoms with Gasteiger partial charge in [0, 0.05) is 12.7 Å². The minimum Gasteiger partial charge on any atom is -0.376 e. The molecule has 2 atom stereocenters. The van der Waals surface area contributed by atoms with Crippen LogP contribution < -0.4 is 5.32 Å². The molecule has 1 fully saturated rings. The Balaban J connectivity index is 1.70. The molecular weight excluding hydrogens is 252 g/mol. The molecule has 1 heterocycles. The third kappa shape index (κ3) is 4.56. The molecule has 0 aromatic carbocycles. The molecule has 1 saturated carbocycles. The second kappa shape index (κ2) is 8.37. The number of nitrogens with zero attached hydrogens (tertiary/aromatic N) is 3. The molecule has 1 aliphatic rings. The second-order valence-corrected chi connectivity index (χ2v) is 5.62. The molecule has 1 aromatic rings. The van der Waals surface area contributed by atoms with Crippen molar-refractivity contribution in [1.82, 2.24) is 20.3 Å². The van der Waals surface area contributed by atoms with Crippen LogP contribution in [0, 0.1) is 5.92 Å². The van der Waals surface area contributed by atoms with Gasteiger partial charge in [0.15, 0.2) is 0 Å². The van der Waals surface area contributed by atoms with Gasteiger partial charge < -0.3 is 10.1 Å². The number of ether oxygens (including phenoxy) is 1. The van der Waals surface area contributed by atoms with Gasteiger partial charge in [-0.2, -0.15) is 0 Å². The van der Waals surface area contributed by atoms with Crippen molar-refractivity contribution in [3.8, 4) is 0 Å². The molecule has 1 N–H and O–H groups in total. The first-order valence-corrected chi connectivity index (χ1v) is 8.04. The average molecular weight is 280 g/mol. The van der Waals surface area contributed by atoms with Crippen LogP contribution in [0.3, 0.4) is 0 Å². The van der Waals surface area contributed by atoms with E-state index in [9.17, 15) is 0 Å². The summed E-state index contributed by atoms with van der Waals surface area (Å²) in [7, 11) is 0. The van der Waals surface area contributed by atoms with Gasteiger partial charge in [-0.1, -0.05) is 38.3 Å². The summed E-state index contributed by atoms with van der Waals surface area (Å²) in [6.45, 7) is 7.65. The summed E-state index contributed by atoms with van der Waals surface area (Å²) >= 11 is 0. The molecule has 0 bridgehead atoms. The summed E-state index contributed by atoms with van der Waals surface area (Å²) in [5.41, 5.74) is 0.996. The maximum Gasteiger partial charge on any atom is 0.0964 e. The van der Waals surface area contributed by atoms with Crippen LogP contribution in [0.4, 0.5) is 0 Å². The molecule has 0 radical (unpaired) electrons. The van der Waals surface area contributed by atoms with Crippen molar-refractivity contribution in [1.29, 1.82) is 0 Å². The number of hydrogen-bond donors (Lipinski definition) is 1. The highest BCUT2D eigenvalue weighted by Gasteiger charge is 2.23. The normalized spacial score (nSPS) is 23.1. The third-order valence-corrected chi connectivity index (χ3v) is 4.16. The molecule has 20 heavy (non-hydrogen) atoms. The lowest BCUT2D eigenvalue weighted by atomic mass is 9.85. The number of aromatic nitrogens is 3. The quantitative estimate of drug-likeness (QED) is 0.794. The van der Waals surface area contributed by atoms with E-state index in [1.807, 2.05) is 10.9 Å². The smallest absolute Gasteiger partial charge is 0.0964 e. The second-order valence-electron chi connectivity index (χ2n) is 5.62. The van der Waals surface area contributed by atoms with E-state index in [-0.39, 0.29) is 0 Å². The Labute approximate surface area is 122 Å². The van der Waals surface area contributed by atoms with Gasteiger partial charge in [0.2, 0.25) is 0 Å². The Kier molecular flexibility index (Phi) is 6.47. The zero-order valence-electron chi connectivity index (χ0n) is 12.8. The van der Waals surface area contributed by atoms with Crippen LogP contribution in [-0.2, 0) is 17.8 Å². The Hall–Kier alpha value is -0.940. The van der Waals surface area contributed by atoms with Gasteiger partial charge in [-0.3, -0.25) is 0 Å². The Morgan fingerprint density at radius 2 is 2.20 bits per heavy atom. The zero-order chi connectivity index (χ0) is 14.2. The molecule has 0 spiro atoms. The molecule has 5 nitrogen and oxygen atoms in total. The van der Waals surface area contributed by atoms with Crippen LogP contribution >= 0.6 is 0 Å². The van der Waals surface area contributed by atoms with E-state index in [0.29, 0.717) is 6.10 Å². The van der Waals surface area contributed by atoms with E-state index in [1.54, 1.807) is 0 Å². The minimum atomic E-state index is 0.457. The van der Waals surface area contributed by atoms with E-state index in [4.69, 9.17) is 4.74 Å². The van der Waals surface area contributed by atoms with Crippen LogP contribution in [0.25, 0.3) is 0 Å². The SMILES string of the molecule is CCNCc1cn(CCOC2CCCCC2CC)nn1. The highest BCUT2D eigenvalue weighted by Crippen LogP contribution is 2.28. The first-order valence-electron chi connectivity index (χ1n) is 8.04. The number of hydrogen-bond acceptors (Lipinski definition) is 4. The molecule has 5 heteroatoms. The topological polar surface area (TPSA) is 52.0 Å². The van der Waals surface area contributed by atoms with E-state index in [1.165, 1.54) is 32.1 Å². The molecule has 2 rings (SSSR count). The fourth-order valence-electron chi connectivity index (χ4n) is 2.94. The van der Waals surface area contributed by atoms with E-state index in [2.05, 4.69) is 29.5 Å². The molecule has 0 saturated heterocycles. The Morgan fingerprint density at radius 1 is 1.35 bits per heavy atom. The predicted molar refractivity (Wildman–Crippen MR) is 79.4 cm³/mol. The number of nitrogens with one attached hydrogen (secondary N) is 1. The summed E-state index contributed by atoms with van der Waals surface area (Å²) < 4.78 is 7.96. The molecule has 2 unspecified atom stereocenters. The molecular formula is C15H28N4O. The molecule has 0 aliphatic heterocycles. The number of rotatable bonds is 8.